The fraction of sp³-hybridized carbons (Fsp3) is 0.648. The molecule has 3 atom stereocenters. The van der Waals surface area contributed by atoms with E-state index in [2.05, 4.69) is 38.2 Å². The molecular weight excluding hydrogens is 851 g/mol. The Morgan fingerprint density at radius 2 is 1.43 bits per heavy atom. The van der Waals surface area contributed by atoms with Crippen LogP contribution in [-0.2, 0) is 74.5 Å². The number of esters is 4. The maximum atomic E-state index is 14.4. The maximum Gasteiger partial charge on any atom is 0.355 e. The summed E-state index contributed by atoms with van der Waals surface area (Å²) in [7, 11) is 0. The van der Waals surface area contributed by atoms with Crippen molar-refractivity contribution in [3.63, 3.8) is 0 Å². The van der Waals surface area contributed by atoms with Gasteiger partial charge in [-0.15, -0.1) is 0 Å². The Hall–Kier alpha value is -5.07. The third kappa shape index (κ3) is 13.6. The molecule has 0 aliphatic carbocycles. The van der Waals surface area contributed by atoms with Crippen molar-refractivity contribution in [2.24, 2.45) is 5.92 Å². The van der Waals surface area contributed by atoms with Gasteiger partial charge < -0.3 is 28.8 Å². The molecule has 2 aromatic heterocycles. The van der Waals surface area contributed by atoms with Gasteiger partial charge in [0.15, 0.2) is 0 Å². The van der Waals surface area contributed by atoms with Gasteiger partial charge in [-0.3, -0.25) is 19.2 Å². The van der Waals surface area contributed by atoms with Crippen LogP contribution >= 0.6 is 0 Å². The standard InChI is InChI=1S/C54H77N3O10/c1-11-15-17-19-24-36(49(61)66-52(5,6)7)25-22-21-23-35-27-28-42-38(31-35)37(13-3)39-33-57-44(47(39)56-42)32-41-40(48(57)60)34-64-51(63)54(41,14-4)65-46(59)30-29-45(58)55-43(26-20-18-16-12-2)50(62)67-53(8,9)10/h27-28,31-32,36,43H,11-26,29-30,33-34H2,1-10H3,(H,55,58)/t36?,43?,54-/m0/s1. The van der Waals surface area contributed by atoms with Crippen molar-refractivity contribution >= 4 is 40.7 Å². The quantitative estimate of drug-likeness (QED) is 0.0403. The van der Waals surface area contributed by atoms with E-state index in [0.29, 0.717) is 30.8 Å². The highest BCUT2D eigenvalue weighted by atomic mass is 16.6. The van der Waals surface area contributed by atoms with Crippen LogP contribution in [0.15, 0.2) is 29.1 Å². The molecule has 3 aromatic rings. The Morgan fingerprint density at radius 3 is 2.06 bits per heavy atom. The number of unbranched alkanes of at least 4 members (excludes halogenated alkanes) is 7. The Morgan fingerprint density at radius 1 is 0.791 bits per heavy atom. The maximum absolute atomic E-state index is 14.4. The van der Waals surface area contributed by atoms with E-state index in [1.54, 1.807) is 38.3 Å². The minimum Gasteiger partial charge on any atom is -0.460 e. The van der Waals surface area contributed by atoms with Crippen molar-refractivity contribution in [3.05, 3.63) is 62.4 Å². The van der Waals surface area contributed by atoms with Crippen LogP contribution in [-0.4, -0.2) is 56.6 Å². The van der Waals surface area contributed by atoms with Gasteiger partial charge in [-0.05, 0) is 116 Å². The largest absolute Gasteiger partial charge is 0.460 e. The molecule has 13 heteroatoms. The summed E-state index contributed by atoms with van der Waals surface area (Å²) in [6.45, 7) is 19.1. The van der Waals surface area contributed by atoms with E-state index in [-0.39, 0.29) is 54.4 Å². The third-order valence-corrected chi connectivity index (χ3v) is 12.8. The van der Waals surface area contributed by atoms with E-state index in [0.717, 1.165) is 99.1 Å². The minimum absolute atomic E-state index is 0.0141. The first-order chi connectivity index (χ1) is 31.7. The summed E-state index contributed by atoms with van der Waals surface area (Å²) in [5.74, 6) is -2.87. The molecule has 0 spiro atoms. The fourth-order valence-corrected chi connectivity index (χ4v) is 9.35. The number of carbonyl (C=O) groups excluding carboxylic acids is 5. The number of aryl methyl sites for hydroxylation is 2. The highest BCUT2D eigenvalue weighted by Gasteiger charge is 2.50. The zero-order valence-electron chi connectivity index (χ0n) is 42.1. The lowest BCUT2D eigenvalue weighted by Gasteiger charge is -2.35. The molecule has 0 saturated carbocycles. The smallest absolute Gasteiger partial charge is 0.355 e. The highest BCUT2D eigenvalue weighted by molar-refractivity contribution is 5.91. The van der Waals surface area contributed by atoms with Crippen molar-refractivity contribution in [2.45, 2.75) is 221 Å². The monoisotopic (exact) mass is 928 g/mol. The number of pyridine rings is 2. The molecular formula is C54H77N3O10. The van der Waals surface area contributed by atoms with E-state index in [1.807, 2.05) is 26.8 Å². The summed E-state index contributed by atoms with van der Waals surface area (Å²) in [5.41, 5.74) is 2.13. The van der Waals surface area contributed by atoms with Crippen molar-refractivity contribution in [2.75, 3.05) is 0 Å². The average molecular weight is 928 g/mol. The molecule has 2 aliphatic rings. The predicted molar refractivity (Wildman–Crippen MR) is 259 cm³/mol. The number of hydrogen-bond acceptors (Lipinski definition) is 11. The summed E-state index contributed by atoms with van der Waals surface area (Å²) in [5, 5.41) is 3.78. The molecule has 13 nitrogen and oxygen atoms in total. The van der Waals surface area contributed by atoms with Gasteiger partial charge in [0.25, 0.3) is 5.56 Å². The van der Waals surface area contributed by atoms with Crippen LogP contribution in [0.4, 0.5) is 0 Å². The van der Waals surface area contributed by atoms with E-state index in [4.69, 9.17) is 23.9 Å². The lowest BCUT2D eigenvalue weighted by molar-refractivity contribution is -0.189. The molecule has 67 heavy (non-hydrogen) atoms. The summed E-state index contributed by atoms with van der Waals surface area (Å²) >= 11 is 0. The van der Waals surface area contributed by atoms with Gasteiger partial charge in [0, 0.05) is 22.9 Å². The van der Waals surface area contributed by atoms with Gasteiger partial charge in [-0.25, -0.2) is 14.6 Å². The minimum atomic E-state index is -1.92. The number of cyclic esters (lactones) is 1. The van der Waals surface area contributed by atoms with Crippen molar-refractivity contribution < 1.29 is 42.9 Å². The van der Waals surface area contributed by atoms with Crippen molar-refractivity contribution in [1.82, 2.24) is 14.9 Å². The number of carbonyl (C=O) groups is 5. The van der Waals surface area contributed by atoms with Gasteiger partial charge in [0.2, 0.25) is 11.5 Å². The number of hydrogen-bond donors (Lipinski definition) is 1. The summed E-state index contributed by atoms with van der Waals surface area (Å²) < 4.78 is 24.6. The van der Waals surface area contributed by atoms with Crippen LogP contribution in [0.25, 0.3) is 22.3 Å². The van der Waals surface area contributed by atoms with E-state index < -0.39 is 46.7 Å². The number of nitrogens with zero attached hydrogens (tertiary/aromatic N) is 2. The Kier molecular flexibility index (Phi) is 18.4. The summed E-state index contributed by atoms with van der Waals surface area (Å²) in [4.78, 5) is 86.1. The zero-order chi connectivity index (χ0) is 49.1. The summed E-state index contributed by atoms with van der Waals surface area (Å²) in [6, 6.07) is 7.20. The van der Waals surface area contributed by atoms with Crippen molar-refractivity contribution in [1.29, 1.82) is 0 Å². The first-order valence-corrected chi connectivity index (χ1v) is 25.1. The van der Waals surface area contributed by atoms with E-state index in [1.165, 1.54) is 12.0 Å². The van der Waals surface area contributed by atoms with Gasteiger partial charge >= 0.3 is 23.9 Å². The second kappa shape index (κ2) is 23.3. The van der Waals surface area contributed by atoms with Crippen LogP contribution in [0.2, 0.25) is 0 Å². The molecule has 1 amide bonds. The highest BCUT2D eigenvalue weighted by Crippen LogP contribution is 2.42. The first-order valence-electron chi connectivity index (χ1n) is 25.1. The van der Waals surface area contributed by atoms with Crippen LogP contribution in [0, 0.1) is 5.92 Å². The van der Waals surface area contributed by atoms with Gasteiger partial charge in [-0.1, -0.05) is 91.5 Å². The molecule has 0 radical (unpaired) electrons. The Bertz CT molecular complexity index is 2320. The number of ether oxygens (including phenoxy) is 4. The molecule has 4 heterocycles. The number of amides is 1. The number of fused-ring (bicyclic) bond motifs is 5. The number of nitrogens with one attached hydrogen (secondary N) is 1. The Balaban J connectivity index is 1.33. The number of aromatic nitrogens is 2. The molecule has 2 aliphatic heterocycles. The molecule has 368 valence electrons. The zero-order valence-corrected chi connectivity index (χ0v) is 42.1. The van der Waals surface area contributed by atoms with Crippen LogP contribution in [0.3, 0.4) is 0 Å². The normalized spacial score (nSPS) is 16.4. The molecule has 0 saturated heterocycles. The molecule has 5 rings (SSSR count). The summed E-state index contributed by atoms with van der Waals surface area (Å²) in [6.07, 6.45) is 12.9. The van der Waals surface area contributed by atoms with Crippen LogP contribution in [0.1, 0.15) is 200 Å². The SMILES string of the molecule is CCCCCCC(CCCCc1ccc2nc3c(c(CC)c2c1)Cn1c-3cc2c(c1=O)COC(=O)[C@@]2(CC)OC(=O)CCC(=O)NC(CCCCCC)C(=O)OC(C)(C)C)C(=O)OC(C)(C)C. The second-order valence-corrected chi connectivity index (χ2v) is 20.5. The average Bonchev–Trinajstić information content (AvgIpc) is 3.63. The van der Waals surface area contributed by atoms with E-state index in [9.17, 15) is 28.8 Å². The molecule has 0 bridgehead atoms. The fourth-order valence-electron chi connectivity index (χ4n) is 9.35. The van der Waals surface area contributed by atoms with Gasteiger partial charge in [-0.2, -0.15) is 0 Å². The molecule has 0 fully saturated rings. The number of benzene rings is 1. The number of rotatable bonds is 24. The third-order valence-electron chi connectivity index (χ3n) is 12.8. The second-order valence-electron chi connectivity index (χ2n) is 20.5. The van der Waals surface area contributed by atoms with Crippen molar-refractivity contribution in [3.8, 4) is 11.4 Å². The van der Waals surface area contributed by atoms with Crippen LogP contribution in [0.5, 0.6) is 0 Å². The topological polar surface area (TPSA) is 169 Å². The Labute approximate surface area is 397 Å². The first kappa shape index (κ1) is 52.9. The van der Waals surface area contributed by atoms with Gasteiger partial charge in [0.05, 0.1) is 41.4 Å². The lowest BCUT2D eigenvalue weighted by Crippen LogP contribution is -2.47. The van der Waals surface area contributed by atoms with Crippen LogP contribution < -0.4 is 10.9 Å². The lowest BCUT2D eigenvalue weighted by atomic mass is 9.85. The molecule has 1 N–H and O–H groups in total. The predicted octanol–water partition coefficient (Wildman–Crippen LogP) is 10.4. The molecule has 2 unspecified atom stereocenters. The molecule has 1 aromatic carbocycles. The van der Waals surface area contributed by atoms with Gasteiger partial charge in [0.1, 0.15) is 23.9 Å². The van der Waals surface area contributed by atoms with E-state index >= 15 is 0 Å².